The Kier molecular flexibility index (Phi) is 4.95. The van der Waals surface area contributed by atoms with Crippen molar-refractivity contribution in [1.29, 1.82) is 0 Å². The molecule has 0 amide bonds. The predicted octanol–water partition coefficient (Wildman–Crippen LogP) is 2.44. The number of hydrogen-bond donors (Lipinski definition) is 2. The van der Waals surface area contributed by atoms with Crippen LogP contribution in [-0.2, 0) is 15.3 Å². The number of hydrogen-bond acceptors (Lipinski definition) is 4. The summed E-state index contributed by atoms with van der Waals surface area (Å²) >= 11 is 0. The fourth-order valence-electron chi connectivity index (χ4n) is 1.71. The quantitative estimate of drug-likeness (QED) is 0.656. The van der Waals surface area contributed by atoms with Gasteiger partial charge in [-0.25, -0.2) is 0 Å². The van der Waals surface area contributed by atoms with Crippen LogP contribution in [0.2, 0.25) is 0 Å². The largest absolute Gasteiger partial charge is 0.428 e. The molecule has 2 N–H and O–H groups in total. The molecule has 1 aromatic carbocycles. The smallest absolute Gasteiger partial charge is 0.314 e. The number of benzene rings is 1. The molecule has 1 rings (SSSR count). The second kappa shape index (κ2) is 5.94. The number of carbonyl (C=O) groups excluding carboxylic acids is 1. The summed E-state index contributed by atoms with van der Waals surface area (Å²) in [5, 5.41) is 20.6. The average molecular weight is 280 g/mol. The monoisotopic (exact) mass is 280 g/mol. The van der Waals surface area contributed by atoms with Gasteiger partial charge in [0.05, 0.1) is 17.4 Å². The van der Waals surface area contributed by atoms with E-state index in [9.17, 15) is 15.0 Å². The van der Waals surface area contributed by atoms with E-state index < -0.39 is 29.2 Å². The number of rotatable bonds is 4. The molecule has 1 aromatic rings. The minimum absolute atomic E-state index is 0.450. The highest BCUT2D eigenvalue weighted by Crippen LogP contribution is 2.35. The van der Waals surface area contributed by atoms with Gasteiger partial charge < -0.3 is 14.9 Å². The van der Waals surface area contributed by atoms with Crippen LogP contribution < -0.4 is 0 Å². The lowest BCUT2D eigenvalue weighted by Crippen LogP contribution is -2.45. The molecular weight excluding hydrogens is 256 g/mol. The van der Waals surface area contributed by atoms with Gasteiger partial charge in [-0.2, -0.15) is 0 Å². The number of aliphatic hydroxyl groups is 2. The van der Waals surface area contributed by atoms with E-state index in [1.54, 1.807) is 58.9 Å². The summed E-state index contributed by atoms with van der Waals surface area (Å²) < 4.78 is 5.37. The first kappa shape index (κ1) is 16.7. The Bertz CT molecular complexity index is 447. The lowest BCUT2D eigenvalue weighted by molar-refractivity contribution is -0.254. The predicted molar refractivity (Wildman–Crippen MR) is 76.7 cm³/mol. The van der Waals surface area contributed by atoms with E-state index in [4.69, 9.17) is 4.74 Å². The Morgan fingerprint density at radius 2 is 1.65 bits per heavy atom. The van der Waals surface area contributed by atoms with Crippen molar-refractivity contribution in [3.05, 3.63) is 35.9 Å². The average Bonchev–Trinajstić information content (AvgIpc) is 2.37. The number of ether oxygens (including phenoxy) is 1. The van der Waals surface area contributed by atoms with E-state index in [0.717, 1.165) is 0 Å². The molecule has 0 spiro atoms. The molecule has 0 aliphatic carbocycles. The summed E-state index contributed by atoms with van der Waals surface area (Å²) in [6.45, 7) is 8.35. The molecule has 0 aliphatic heterocycles. The lowest BCUT2D eigenvalue weighted by atomic mass is 9.88. The highest BCUT2D eigenvalue weighted by molar-refractivity contribution is 5.75. The van der Waals surface area contributed by atoms with Gasteiger partial charge in [-0.3, -0.25) is 4.79 Å². The van der Waals surface area contributed by atoms with E-state index >= 15 is 0 Å². The molecule has 0 bridgehead atoms. The Balaban J connectivity index is 3.19. The molecule has 20 heavy (non-hydrogen) atoms. The summed E-state index contributed by atoms with van der Waals surface area (Å²) in [7, 11) is 0. The van der Waals surface area contributed by atoms with E-state index in [-0.39, 0.29) is 0 Å². The third-order valence-corrected chi connectivity index (χ3v) is 3.39. The molecule has 4 nitrogen and oxygen atoms in total. The summed E-state index contributed by atoms with van der Waals surface area (Å²) in [5.74, 6) is -3.02. The summed E-state index contributed by atoms with van der Waals surface area (Å²) in [4.78, 5) is 12.1. The second-order valence-electron chi connectivity index (χ2n) is 6.23. The van der Waals surface area contributed by atoms with E-state index in [2.05, 4.69) is 0 Å². The maximum absolute atomic E-state index is 12.1. The van der Waals surface area contributed by atoms with Crippen LogP contribution in [0, 0.1) is 11.3 Å². The van der Waals surface area contributed by atoms with Crippen molar-refractivity contribution in [2.75, 3.05) is 0 Å². The van der Waals surface area contributed by atoms with Gasteiger partial charge in [0.1, 0.15) is 0 Å². The topological polar surface area (TPSA) is 66.8 Å². The zero-order chi connectivity index (χ0) is 15.6. The van der Waals surface area contributed by atoms with Crippen LogP contribution in [0.15, 0.2) is 30.3 Å². The normalized spacial score (nSPS) is 17.9. The van der Waals surface area contributed by atoms with Crippen molar-refractivity contribution in [2.45, 2.75) is 46.5 Å². The van der Waals surface area contributed by atoms with Crippen molar-refractivity contribution in [3.8, 4) is 0 Å². The van der Waals surface area contributed by atoms with Gasteiger partial charge in [-0.1, -0.05) is 37.3 Å². The van der Waals surface area contributed by atoms with Crippen LogP contribution in [-0.4, -0.2) is 22.3 Å². The van der Waals surface area contributed by atoms with Crippen molar-refractivity contribution >= 4 is 5.97 Å². The fourth-order valence-corrected chi connectivity index (χ4v) is 1.71. The van der Waals surface area contributed by atoms with E-state index in [1.807, 2.05) is 6.07 Å². The van der Waals surface area contributed by atoms with E-state index in [0.29, 0.717) is 5.56 Å². The molecule has 0 aliphatic rings. The Labute approximate surface area is 120 Å². The third-order valence-electron chi connectivity index (χ3n) is 3.39. The van der Waals surface area contributed by atoms with Gasteiger partial charge in [0.25, 0.3) is 0 Å². The van der Waals surface area contributed by atoms with Gasteiger partial charge >= 0.3 is 5.97 Å². The molecule has 0 radical (unpaired) electrons. The molecule has 3 unspecified atom stereocenters. The first-order valence-corrected chi connectivity index (χ1v) is 6.78. The molecule has 112 valence electrons. The molecule has 0 aromatic heterocycles. The maximum atomic E-state index is 12.1. The van der Waals surface area contributed by atoms with Gasteiger partial charge in [-0.15, -0.1) is 0 Å². The van der Waals surface area contributed by atoms with Crippen LogP contribution in [0.1, 0.15) is 40.2 Å². The Morgan fingerprint density at radius 3 is 2.05 bits per heavy atom. The Hall–Kier alpha value is -1.39. The second-order valence-corrected chi connectivity index (χ2v) is 6.23. The zero-order valence-corrected chi connectivity index (χ0v) is 12.8. The molecule has 0 fully saturated rings. The van der Waals surface area contributed by atoms with Crippen LogP contribution in [0.4, 0.5) is 0 Å². The highest BCUT2D eigenvalue weighted by atomic mass is 16.7. The standard InChI is InChI=1S/C16H24O4/c1-11(12(2)17)16(19,13-9-7-6-8-10-13)20-14(18)15(3,4)5/h6-12,17,19H,1-5H3. The minimum Gasteiger partial charge on any atom is -0.428 e. The van der Waals surface area contributed by atoms with Gasteiger partial charge in [0.15, 0.2) is 0 Å². The fraction of sp³-hybridized carbons (Fsp3) is 0.562. The molecule has 3 atom stereocenters. The first-order chi connectivity index (χ1) is 9.09. The molecule has 0 saturated heterocycles. The summed E-state index contributed by atoms with van der Waals surface area (Å²) in [5.41, 5.74) is -0.285. The number of carbonyl (C=O) groups is 1. The van der Waals surface area contributed by atoms with Gasteiger partial charge in [0, 0.05) is 5.56 Å². The van der Waals surface area contributed by atoms with Gasteiger partial charge in [0.2, 0.25) is 5.79 Å². The maximum Gasteiger partial charge on any atom is 0.314 e. The van der Waals surface area contributed by atoms with Crippen molar-refractivity contribution < 1.29 is 19.7 Å². The van der Waals surface area contributed by atoms with E-state index in [1.165, 1.54) is 0 Å². The summed E-state index contributed by atoms with van der Waals surface area (Å²) in [6.07, 6.45) is -0.826. The minimum atomic E-state index is -1.85. The molecule has 0 saturated carbocycles. The zero-order valence-electron chi connectivity index (χ0n) is 12.8. The van der Waals surface area contributed by atoms with Gasteiger partial charge in [-0.05, 0) is 27.7 Å². The number of aliphatic hydroxyl groups excluding tert-OH is 1. The molecule has 0 heterocycles. The summed E-state index contributed by atoms with van der Waals surface area (Å²) in [6, 6.07) is 8.66. The highest BCUT2D eigenvalue weighted by Gasteiger charge is 2.44. The van der Waals surface area contributed by atoms with Crippen molar-refractivity contribution in [3.63, 3.8) is 0 Å². The van der Waals surface area contributed by atoms with Crippen LogP contribution in [0.3, 0.4) is 0 Å². The molecule has 4 heteroatoms. The number of esters is 1. The van der Waals surface area contributed by atoms with Crippen LogP contribution >= 0.6 is 0 Å². The van der Waals surface area contributed by atoms with Crippen LogP contribution in [0.5, 0.6) is 0 Å². The third kappa shape index (κ3) is 3.58. The molecular formula is C16H24O4. The first-order valence-electron chi connectivity index (χ1n) is 6.78. The lowest BCUT2D eigenvalue weighted by Gasteiger charge is -2.37. The van der Waals surface area contributed by atoms with Crippen molar-refractivity contribution in [1.82, 2.24) is 0 Å². The van der Waals surface area contributed by atoms with Crippen molar-refractivity contribution in [2.24, 2.45) is 11.3 Å². The SMILES string of the molecule is CC(O)C(C)C(O)(OC(=O)C(C)(C)C)c1ccccc1. The Morgan fingerprint density at radius 1 is 1.15 bits per heavy atom. The van der Waals surface area contributed by atoms with Crippen LogP contribution in [0.25, 0.3) is 0 Å².